The molecule has 2 rings (SSSR count). The Balaban J connectivity index is 1.80. The van der Waals surface area contributed by atoms with Gasteiger partial charge in [-0.05, 0) is 48.9 Å². The summed E-state index contributed by atoms with van der Waals surface area (Å²) >= 11 is 6.11. The summed E-state index contributed by atoms with van der Waals surface area (Å²) < 4.78 is 0. The van der Waals surface area contributed by atoms with Crippen LogP contribution < -0.4 is 0 Å². The zero-order valence-electron chi connectivity index (χ0n) is 10.3. The predicted octanol–water partition coefficient (Wildman–Crippen LogP) is 4.61. The number of phenols is 1. The normalized spacial score (nSPS) is 10.5. The van der Waals surface area contributed by atoms with Gasteiger partial charge in [0.05, 0.1) is 0 Å². The number of aromatic hydroxyl groups is 1. The zero-order valence-corrected chi connectivity index (χ0v) is 11.0. The van der Waals surface area contributed by atoms with E-state index in [-0.39, 0.29) is 0 Å². The van der Waals surface area contributed by atoms with E-state index in [1.54, 1.807) is 6.07 Å². The maximum absolute atomic E-state index is 9.65. The van der Waals surface area contributed by atoms with Crippen LogP contribution in [0.4, 0.5) is 0 Å². The summed E-state index contributed by atoms with van der Waals surface area (Å²) in [5.74, 6) is 0.398. The van der Waals surface area contributed by atoms with Gasteiger partial charge in [-0.1, -0.05) is 48.0 Å². The Bertz CT molecular complexity index is 460. The molecule has 94 valence electrons. The Labute approximate surface area is 113 Å². The number of aryl methyl sites for hydroxylation is 2. The van der Waals surface area contributed by atoms with E-state index in [0.717, 1.165) is 36.3 Å². The molecule has 0 amide bonds. The van der Waals surface area contributed by atoms with Gasteiger partial charge >= 0.3 is 0 Å². The second-order valence-corrected chi connectivity index (χ2v) is 4.83. The van der Waals surface area contributed by atoms with Crippen LogP contribution in [0.3, 0.4) is 0 Å². The standard InChI is InChI=1S/C16H17ClO/c17-15-11-5-3-8-13(15)7-1-2-9-14-10-4-6-12-16(14)18/h3-6,8,10-12,18H,1-2,7,9H2. The maximum atomic E-state index is 9.65. The summed E-state index contributed by atoms with van der Waals surface area (Å²) in [4.78, 5) is 0. The van der Waals surface area contributed by atoms with Crippen molar-refractivity contribution in [3.8, 4) is 5.75 Å². The molecule has 1 nitrogen and oxygen atoms in total. The molecule has 0 atom stereocenters. The van der Waals surface area contributed by atoms with Crippen LogP contribution in [0.15, 0.2) is 48.5 Å². The Hall–Kier alpha value is -1.47. The Morgan fingerprint density at radius 2 is 1.33 bits per heavy atom. The zero-order chi connectivity index (χ0) is 12.8. The van der Waals surface area contributed by atoms with E-state index in [9.17, 15) is 5.11 Å². The number of unbranched alkanes of at least 4 members (excludes halogenated alkanes) is 1. The molecule has 1 N–H and O–H groups in total. The van der Waals surface area contributed by atoms with Gasteiger partial charge in [0, 0.05) is 5.02 Å². The van der Waals surface area contributed by atoms with Gasteiger partial charge in [0.1, 0.15) is 5.75 Å². The molecule has 0 spiro atoms. The van der Waals surface area contributed by atoms with Gasteiger partial charge < -0.3 is 5.11 Å². The molecule has 0 heterocycles. The summed E-state index contributed by atoms with van der Waals surface area (Å²) in [6.45, 7) is 0. The second-order valence-electron chi connectivity index (χ2n) is 4.43. The Morgan fingerprint density at radius 3 is 2.00 bits per heavy atom. The van der Waals surface area contributed by atoms with E-state index in [1.165, 1.54) is 5.56 Å². The monoisotopic (exact) mass is 260 g/mol. The lowest BCUT2D eigenvalue weighted by Gasteiger charge is -2.05. The van der Waals surface area contributed by atoms with Crippen LogP contribution in [0.5, 0.6) is 5.75 Å². The smallest absolute Gasteiger partial charge is 0.118 e. The molecule has 18 heavy (non-hydrogen) atoms. The molecule has 2 aromatic carbocycles. The van der Waals surface area contributed by atoms with Gasteiger partial charge in [-0.3, -0.25) is 0 Å². The minimum atomic E-state index is 0.398. The fraction of sp³-hybridized carbons (Fsp3) is 0.250. The van der Waals surface area contributed by atoms with Crippen LogP contribution >= 0.6 is 11.6 Å². The number of rotatable bonds is 5. The van der Waals surface area contributed by atoms with Crippen LogP contribution in [0.25, 0.3) is 0 Å². The number of phenolic OH excluding ortho intramolecular Hbond substituents is 1. The molecule has 0 saturated heterocycles. The van der Waals surface area contributed by atoms with Crippen LogP contribution in [-0.2, 0) is 12.8 Å². The van der Waals surface area contributed by atoms with Gasteiger partial charge in [-0.15, -0.1) is 0 Å². The molecular weight excluding hydrogens is 244 g/mol. The molecule has 0 unspecified atom stereocenters. The van der Waals surface area contributed by atoms with E-state index in [2.05, 4.69) is 6.07 Å². The topological polar surface area (TPSA) is 20.2 Å². The Morgan fingerprint density at radius 1 is 0.778 bits per heavy atom. The average Bonchev–Trinajstić information content (AvgIpc) is 2.38. The van der Waals surface area contributed by atoms with Crippen molar-refractivity contribution in [2.24, 2.45) is 0 Å². The largest absolute Gasteiger partial charge is 0.508 e. The Kier molecular flexibility index (Phi) is 4.66. The third-order valence-electron chi connectivity index (χ3n) is 3.09. The lowest BCUT2D eigenvalue weighted by molar-refractivity contribution is 0.466. The third kappa shape index (κ3) is 3.51. The lowest BCUT2D eigenvalue weighted by atomic mass is 10.0. The molecule has 0 radical (unpaired) electrons. The summed E-state index contributed by atoms with van der Waals surface area (Å²) in [5, 5.41) is 10.5. The molecule has 2 aromatic rings. The summed E-state index contributed by atoms with van der Waals surface area (Å²) in [5.41, 5.74) is 2.23. The van der Waals surface area contributed by atoms with E-state index in [4.69, 9.17) is 11.6 Å². The minimum absolute atomic E-state index is 0.398. The molecule has 0 aliphatic heterocycles. The number of para-hydroxylation sites is 1. The molecule has 2 heteroatoms. The highest BCUT2D eigenvalue weighted by Crippen LogP contribution is 2.20. The third-order valence-corrected chi connectivity index (χ3v) is 3.46. The van der Waals surface area contributed by atoms with E-state index >= 15 is 0 Å². The van der Waals surface area contributed by atoms with Crippen molar-refractivity contribution in [1.82, 2.24) is 0 Å². The van der Waals surface area contributed by atoms with Crippen molar-refractivity contribution in [3.63, 3.8) is 0 Å². The van der Waals surface area contributed by atoms with Gasteiger partial charge in [-0.2, -0.15) is 0 Å². The first kappa shape index (κ1) is 13.0. The molecule has 0 saturated carbocycles. The first-order valence-electron chi connectivity index (χ1n) is 6.27. The fourth-order valence-corrected chi connectivity index (χ4v) is 2.28. The molecule has 0 aromatic heterocycles. The SMILES string of the molecule is Oc1ccccc1CCCCc1ccccc1Cl. The first-order chi connectivity index (χ1) is 8.77. The highest BCUT2D eigenvalue weighted by molar-refractivity contribution is 6.31. The van der Waals surface area contributed by atoms with E-state index in [0.29, 0.717) is 5.75 Å². The van der Waals surface area contributed by atoms with Crippen molar-refractivity contribution in [1.29, 1.82) is 0 Å². The summed E-state index contributed by atoms with van der Waals surface area (Å²) in [6.07, 6.45) is 4.05. The van der Waals surface area contributed by atoms with Crippen LogP contribution in [0.1, 0.15) is 24.0 Å². The van der Waals surface area contributed by atoms with Crippen LogP contribution in [0, 0.1) is 0 Å². The second kappa shape index (κ2) is 6.46. The van der Waals surface area contributed by atoms with E-state index in [1.807, 2.05) is 36.4 Å². The number of hydrogen-bond donors (Lipinski definition) is 1. The van der Waals surface area contributed by atoms with Crippen molar-refractivity contribution in [2.75, 3.05) is 0 Å². The highest BCUT2D eigenvalue weighted by Gasteiger charge is 2.01. The van der Waals surface area contributed by atoms with E-state index < -0.39 is 0 Å². The van der Waals surface area contributed by atoms with Gasteiger partial charge in [0.25, 0.3) is 0 Å². The average molecular weight is 261 g/mol. The first-order valence-corrected chi connectivity index (χ1v) is 6.65. The molecule has 0 fully saturated rings. The number of benzene rings is 2. The van der Waals surface area contributed by atoms with Gasteiger partial charge in [-0.25, -0.2) is 0 Å². The lowest BCUT2D eigenvalue weighted by Crippen LogP contribution is -1.90. The van der Waals surface area contributed by atoms with Gasteiger partial charge in [0.15, 0.2) is 0 Å². The summed E-state index contributed by atoms with van der Waals surface area (Å²) in [7, 11) is 0. The summed E-state index contributed by atoms with van der Waals surface area (Å²) in [6, 6.07) is 15.5. The molecule has 0 aliphatic carbocycles. The number of hydrogen-bond acceptors (Lipinski definition) is 1. The maximum Gasteiger partial charge on any atom is 0.118 e. The van der Waals surface area contributed by atoms with Crippen LogP contribution in [0.2, 0.25) is 5.02 Å². The highest BCUT2D eigenvalue weighted by atomic mass is 35.5. The molecular formula is C16H17ClO. The van der Waals surface area contributed by atoms with Crippen LogP contribution in [-0.4, -0.2) is 5.11 Å². The fourth-order valence-electron chi connectivity index (χ4n) is 2.05. The quantitative estimate of drug-likeness (QED) is 0.779. The van der Waals surface area contributed by atoms with Gasteiger partial charge in [0.2, 0.25) is 0 Å². The van der Waals surface area contributed by atoms with Crippen molar-refractivity contribution in [3.05, 3.63) is 64.7 Å². The van der Waals surface area contributed by atoms with Crippen molar-refractivity contribution >= 4 is 11.6 Å². The molecule has 0 aliphatic rings. The van der Waals surface area contributed by atoms with Crippen molar-refractivity contribution < 1.29 is 5.11 Å². The number of halogens is 1. The molecule has 0 bridgehead atoms. The van der Waals surface area contributed by atoms with Crippen molar-refractivity contribution in [2.45, 2.75) is 25.7 Å². The minimum Gasteiger partial charge on any atom is -0.508 e. The predicted molar refractivity (Wildman–Crippen MR) is 76.2 cm³/mol.